The standard InChI is InChI=1S/C17H13ClFN3O/c18-15-6-5-10-9-13(20-16(10)21-15)17(23)22-8-7-14(22)11-3-1-2-4-12(11)19/h1-6,9,14H,7-8H2,(H,20,21)/t14-/m1/s1. The number of likely N-dealkylation sites (tertiary alicyclic amines) is 1. The maximum atomic E-state index is 13.9. The quantitative estimate of drug-likeness (QED) is 0.724. The Bertz CT molecular complexity index is 908. The molecule has 1 saturated heterocycles. The van der Waals surface area contributed by atoms with E-state index >= 15 is 0 Å². The Morgan fingerprint density at radius 1 is 1.30 bits per heavy atom. The van der Waals surface area contributed by atoms with Gasteiger partial charge in [-0.05, 0) is 30.7 Å². The molecule has 23 heavy (non-hydrogen) atoms. The minimum absolute atomic E-state index is 0.154. The summed E-state index contributed by atoms with van der Waals surface area (Å²) in [6.07, 6.45) is 0.761. The van der Waals surface area contributed by atoms with E-state index in [-0.39, 0.29) is 17.8 Å². The summed E-state index contributed by atoms with van der Waals surface area (Å²) in [5.41, 5.74) is 1.57. The van der Waals surface area contributed by atoms with E-state index in [4.69, 9.17) is 11.6 Å². The lowest BCUT2D eigenvalue weighted by molar-refractivity contribution is 0.0448. The second kappa shape index (κ2) is 5.35. The zero-order valence-corrected chi connectivity index (χ0v) is 12.8. The van der Waals surface area contributed by atoms with Crippen LogP contribution in [-0.2, 0) is 0 Å². The summed E-state index contributed by atoms with van der Waals surface area (Å²) in [7, 11) is 0. The van der Waals surface area contributed by atoms with Crippen LogP contribution in [0, 0.1) is 5.82 Å². The predicted octanol–water partition coefficient (Wildman–Crippen LogP) is 3.94. The molecule has 1 aliphatic rings. The SMILES string of the molecule is O=C(c1cc2ccc(Cl)nc2[nH]1)N1CC[C@@H]1c1ccccc1F. The van der Waals surface area contributed by atoms with E-state index in [9.17, 15) is 9.18 Å². The molecular weight excluding hydrogens is 317 g/mol. The Morgan fingerprint density at radius 2 is 2.13 bits per heavy atom. The average molecular weight is 330 g/mol. The van der Waals surface area contributed by atoms with Crippen LogP contribution in [0.5, 0.6) is 0 Å². The summed E-state index contributed by atoms with van der Waals surface area (Å²) in [5.74, 6) is -0.432. The van der Waals surface area contributed by atoms with E-state index in [0.29, 0.717) is 28.6 Å². The number of aromatic amines is 1. The summed E-state index contributed by atoms with van der Waals surface area (Å²) < 4.78 is 13.9. The number of nitrogens with zero attached hydrogens (tertiary/aromatic N) is 2. The van der Waals surface area contributed by atoms with Crippen LogP contribution in [-0.4, -0.2) is 27.3 Å². The van der Waals surface area contributed by atoms with Crippen molar-refractivity contribution in [3.8, 4) is 0 Å². The van der Waals surface area contributed by atoms with Crippen LogP contribution in [0.15, 0.2) is 42.5 Å². The summed E-state index contributed by atoms with van der Waals surface area (Å²) in [4.78, 5) is 21.5. The second-order valence-corrected chi connectivity index (χ2v) is 5.97. The summed E-state index contributed by atoms with van der Waals surface area (Å²) in [6.45, 7) is 0.612. The van der Waals surface area contributed by atoms with Crippen molar-refractivity contribution in [1.82, 2.24) is 14.9 Å². The number of H-pyrrole nitrogens is 1. The van der Waals surface area contributed by atoms with Gasteiger partial charge in [-0.25, -0.2) is 9.37 Å². The monoisotopic (exact) mass is 329 g/mol. The molecule has 4 rings (SSSR count). The number of nitrogens with one attached hydrogen (secondary N) is 1. The number of aromatic nitrogens is 2. The first kappa shape index (κ1) is 14.2. The fraction of sp³-hybridized carbons (Fsp3) is 0.176. The van der Waals surface area contributed by atoms with E-state index in [1.807, 2.05) is 6.07 Å². The van der Waals surface area contributed by atoms with Crippen molar-refractivity contribution in [3.05, 3.63) is 64.7 Å². The molecule has 1 fully saturated rings. The Balaban J connectivity index is 1.64. The molecule has 0 saturated carbocycles. The number of amides is 1. The number of halogens is 2. The zero-order chi connectivity index (χ0) is 16.0. The number of carbonyl (C=O) groups is 1. The third kappa shape index (κ3) is 2.37. The van der Waals surface area contributed by atoms with Crippen LogP contribution < -0.4 is 0 Å². The van der Waals surface area contributed by atoms with Crippen molar-refractivity contribution in [2.24, 2.45) is 0 Å². The highest BCUT2D eigenvalue weighted by Crippen LogP contribution is 2.35. The first-order valence-electron chi connectivity index (χ1n) is 7.34. The normalized spacial score (nSPS) is 17.3. The third-order valence-corrected chi connectivity index (χ3v) is 4.43. The number of rotatable bonds is 2. The van der Waals surface area contributed by atoms with Crippen molar-refractivity contribution in [2.75, 3.05) is 6.54 Å². The highest BCUT2D eigenvalue weighted by Gasteiger charge is 2.35. The van der Waals surface area contributed by atoms with Crippen molar-refractivity contribution in [1.29, 1.82) is 0 Å². The first-order chi connectivity index (χ1) is 11.1. The van der Waals surface area contributed by atoms with Gasteiger partial charge in [0.1, 0.15) is 22.3 Å². The van der Waals surface area contributed by atoms with Crippen LogP contribution in [0.4, 0.5) is 4.39 Å². The van der Waals surface area contributed by atoms with Crippen LogP contribution in [0.25, 0.3) is 11.0 Å². The molecule has 0 unspecified atom stereocenters. The predicted molar refractivity (Wildman–Crippen MR) is 85.9 cm³/mol. The van der Waals surface area contributed by atoms with Gasteiger partial charge in [-0.2, -0.15) is 0 Å². The molecule has 1 N–H and O–H groups in total. The molecule has 1 amide bonds. The topological polar surface area (TPSA) is 49.0 Å². The minimum atomic E-state index is -0.278. The fourth-order valence-electron chi connectivity index (χ4n) is 2.95. The van der Waals surface area contributed by atoms with Gasteiger partial charge >= 0.3 is 0 Å². The number of fused-ring (bicyclic) bond motifs is 1. The molecule has 1 aromatic carbocycles. The van der Waals surface area contributed by atoms with Gasteiger partial charge in [0.15, 0.2) is 0 Å². The molecule has 0 bridgehead atoms. The molecule has 0 spiro atoms. The summed E-state index contributed by atoms with van der Waals surface area (Å²) in [5, 5.41) is 1.19. The van der Waals surface area contributed by atoms with Gasteiger partial charge in [-0.3, -0.25) is 4.79 Å². The van der Waals surface area contributed by atoms with Gasteiger partial charge in [-0.1, -0.05) is 29.8 Å². The molecule has 3 heterocycles. The van der Waals surface area contributed by atoms with Gasteiger partial charge in [0.05, 0.1) is 6.04 Å². The van der Waals surface area contributed by atoms with Crippen molar-refractivity contribution >= 4 is 28.5 Å². The zero-order valence-electron chi connectivity index (χ0n) is 12.1. The molecule has 0 aliphatic carbocycles. The average Bonchev–Trinajstić information content (AvgIpc) is 2.91. The van der Waals surface area contributed by atoms with Gasteiger partial charge in [0.2, 0.25) is 0 Å². The Kier molecular flexibility index (Phi) is 3.31. The molecule has 4 nitrogen and oxygen atoms in total. The fourth-order valence-corrected chi connectivity index (χ4v) is 3.10. The van der Waals surface area contributed by atoms with Crippen molar-refractivity contribution in [3.63, 3.8) is 0 Å². The number of hydrogen-bond acceptors (Lipinski definition) is 2. The lowest BCUT2D eigenvalue weighted by atomic mass is 9.94. The van der Waals surface area contributed by atoms with E-state index in [2.05, 4.69) is 9.97 Å². The number of benzene rings is 1. The first-order valence-corrected chi connectivity index (χ1v) is 7.72. The van der Waals surface area contributed by atoms with Gasteiger partial charge in [0, 0.05) is 17.5 Å². The van der Waals surface area contributed by atoms with Crippen LogP contribution in [0.1, 0.15) is 28.5 Å². The van der Waals surface area contributed by atoms with Crippen molar-refractivity contribution < 1.29 is 9.18 Å². The number of pyridine rings is 1. The highest BCUT2D eigenvalue weighted by molar-refractivity contribution is 6.29. The van der Waals surface area contributed by atoms with Gasteiger partial charge in [0.25, 0.3) is 5.91 Å². The maximum Gasteiger partial charge on any atom is 0.270 e. The largest absolute Gasteiger partial charge is 0.335 e. The number of carbonyl (C=O) groups excluding carboxylic acids is 1. The smallest absolute Gasteiger partial charge is 0.270 e. The molecule has 116 valence electrons. The minimum Gasteiger partial charge on any atom is -0.335 e. The molecule has 1 atom stereocenters. The second-order valence-electron chi connectivity index (χ2n) is 5.58. The molecule has 6 heteroatoms. The maximum absolute atomic E-state index is 13.9. The molecule has 1 aliphatic heterocycles. The van der Waals surface area contributed by atoms with Crippen LogP contribution in [0.3, 0.4) is 0 Å². The van der Waals surface area contributed by atoms with Crippen LogP contribution >= 0.6 is 11.6 Å². The molecular formula is C17H13ClFN3O. The summed E-state index contributed by atoms with van der Waals surface area (Å²) >= 11 is 5.86. The Hall–Kier alpha value is -2.40. The summed E-state index contributed by atoms with van der Waals surface area (Å²) in [6, 6.07) is 11.6. The third-order valence-electron chi connectivity index (χ3n) is 4.22. The van der Waals surface area contributed by atoms with Gasteiger partial charge in [-0.15, -0.1) is 0 Å². The number of hydrogen-bond donors (Lipinski definition) is 1. The van der Waals surface area contributed by atoms with E-state index in [1.165, 1.54) is 6.07 Å². The Morgan fingerprint density at radius 3 is 2.87 bits per heavy atom. The lowest BCUT2D eigenvalue weighted by Gasteiger charge is -2.41. The van der Waals surface area contributed by atoms with Crippen LogP contribution in [0.2, 0.25) is 5.15 Å². The Labute approximate surface area is 136 Å². The molecule has 3 aromatic rings. The van der Waals surface area contributed by atoms with Gasteiger partial charge < -0.3 is 9.88 Å². The molecule has 0 radical (unpaired) electrons. The van der Waals surface area contributed by atoms with E-state index in [1.54, 1.807) is 35.2 Å². The highest BCUT2D eigenvalue weighted by atomic mass is 35.5. The van der Waals surface area contributed by atoms with Crippen molar-refractivity contribution in [2.45, 2.75) is 12.5 Å². The molecule has 2 aromatic heterocycles. The van der Waals surface area contributed by atoms with E-state index in [0.717, 1.165) is 11.8 Å². The van der Waals surface area contributed by atoms with E-state index < -0.39 is 0 Å². The lowest BCUT2D eigenvalue weighted by Crippen LogP contribution is -2.45.